The quantitative estimate of drug-likeness (QED) is 0.464. The standard InChI is InChI=1S/C28H33F4N5O2/c1-18-14-21(29)15-20-17-35(26(39)34-10-7-19(8-11-34)25(38)28(30,31)32)12-13-37(24(18)20)27(2,3)22-16-33-23-6-4-5-9-36(22)23/h4-6,9,14-16,19,25,38H,7-8,10-13,17H2,1-3H3. The van der Waals surface area contributed by atoms with Gasteiger partial charge in [-0.1, -0.05) is 6.07 Å². The van der Waals surface area contributed by atoms with Crippen molar-refractivity contribution in [1.82, 2.24) is 19.2 Å². The molecule has 2 aromatic heterocycles. The van der Waals surface area contributed by atoms with E-state index in [0.717, 1.165) is 22.6 Å². The Morgan fingerprint density at radius 3 is 2.49 bits per heavy atom. The number of imidazole rings is 1. The molecule has 1 N–H and O–H groups in total. The van der Waals surface area contributed by atoms with Crippen molar-refractivity contribution in [3.05, 3.63) is 65.4 Å². The van der Waals surface area contributed by atoms with Crippen LogP contribution in [0.5, 0.6) is 0 Å². The molecule has 210 valence electrons. The molecule has 1 fully saturated rings. The molecule has 0 radical (unpaired) electrons. The highest BCUT2D eigenvalue weighted by atomic mass is 19.4. The van der Waals surface area contributed by atoms with Gasteiger partial charge in [-0.3, -0.25) is 0 Å². The molecule has 7 nitrogen and oxygen atoms in total. The summed E-state index contributed by atoms with van der Waals surface area (Å²) in [5.74, 6) is -1.33. The highest BCUT2D eigenvalue weighted by Crippen LogP contribution is 2.40. The normalized spacial score (nSPS) is 18.3. The number of aliphatic hydroxyl groups is 1. The molecule has 0 bridgehead atoms. The van der Waals surface area contributed by atoms with Crippen LogP contribution in [0, 0.1) is 18.7 Å². The largest absolute Gasteiger partial charge is 0.414 e. The fourth-order valence-electron chi connectivity index (χ4n) is 6.05. The van der Waals surface area contributed by atoms with Crippen molar-refractivity contribution in [1.29, 1.82) is 0 Å². The van der Waals surface area contributed by atoms with E-state index in [1.807, 2.05) is 41.9 Å². The van der Waals surface area contributed by atoms with Gasteiger partial charge >= 0.3 is 12.2 Å². The molecule has 0 saturated carbocycles. The van der Waals surface area contributed by atoms with Gasteiger partial charge in [-0.15, -0.1) is 0 Å². The number of anilines is 1. The van der Waals surface area contributed by atoms with Gasteiger partial charge in [-0.05, 0) is 74.9 Å². The molecule has 4 heterocycles. The van der Waals surface area contributed by atoms with E-state index in [-0.39, 0.29) is 38.5 Å². The minimum atomic E-state index is -4.68. The van der Waals surface area contributed by atoms with Gasteiger partial charge < -0.3 is 24.2 Å². The number of fused-ring (bicyclic) bond motifs is 2. The minimum Gasteiger partial charge on any atom is -0.383 e. The van der Waals surface area contributed by atoms with Gasteiger partial charge in [0.05, 0.1) is 17.4 Å². The summed E-state index contributed by atoms with van der Waals surface area (Å²) in [4.78, 5) is 23.5. The molecule has 1 aromatic carbocycles. The van der Waals surface area contributed by atoms with Gasteiger partial charge in [0.1, 0.15) is 11.5 Å². The van der Waals surface area contributed by atoms with Crippen LogP contribution in [0.2, 0.25) is 0 Å². The minimum absolute atomic E-state index is 0.0675. The number of piperidine rings is 1. The number of aliphatic hydroxyl groups excluding tert-OH is 1. The van der Waals surface area contributed by atoms with Crippen molar-refractivity contribution in [2.75, 3.05) is 31.1 Å². The van der Waals surface area contributed by atoms with E-state index in [4.69, 9.17) is 0 Å². The first kappa shape index (κ1) is 27.2. The molecule has 1 unspecified atom stereocenters. The maximum absolute atomic E-state index is 14.6. The summed E-state index contributed by atoms with van der Waals surface area (Å²) >= 11 is 0. The SMILES string of the molecule is Cc1cc(F)cc2c1N(C(C)(C)c1cnc3ccccn13)CCN(C(=O)N1CCC(C(O)C(F)(F)F)CC1)C2. The molecule has 0 aliphatic carbocycles. The number of halogens is 4. The van der Waals surface area contributed by atoms with E-state index in [1.165, 1.54) is 17.0 Å². The lowest BCUT2D eigenvalue weighted by molar-refractivity contribution is -0.222. The number of hydrogen-bond donors (Lipinski definition) is 1. The first-order valence-corrected chi connectivity index (χ1v) is 13.2. The van der Waals surface area contributed by atoms with Gasteiger partial charge in [0.15, 0.2) is 6.10 Å². The molecule has 0 spiro atoms. The van der Waals surface area contributed by atoms with E-state index in [1.54, 1.807) is 4.90 Å². The fraction of sp³-hybridized carbons (Fsp3) is 0.500. The highest BCUT2D eigenvalue weighted by Gasteiger charge is 2.45. The Balaban J connectivity index is 1.42. The summed E-state index contributed by atoms with van der Waals surface area (Å²) in [6.07, 6.45) is -3.15. The number of pyridine rings is 1. The van der Waals surface area contributed by atoms with Crippen LogP contribution < -0.4 is 4.90 Å². The molecule has 11 heteroatoms. The van der Waals surface area contributed by atoms with Crippen LogP contribution in [-0.2, 0) is 12.1 Å². The second-order valence-electron chi connectivity index (χ2n) is 11.0. The number of amides is 2. The number of aromatic nitrogens is 2. The van der Waals surface area contributed by atoms with Crippen molar-refractivity contribution >= 4 is 17.4 Å². The average molecular weight is 548 g/mol. The second-order valence-corrected chi connectivity index (χ2v) is 11.0. The lowest BCUT2D eigenvalue weighted by Crippen LogP contribution is -2.50. The van der Waals surface area contributed by atoms with Crippen LogP contribution in [0.1, 0.15) is 43.5 Å². The van der Waals surface area contributed by atoms with Gasteiger partial charge in [0.2, 0.25) is 0 Å². The summed E-state index contributed by atoms with van der Waals surface area (Å²) in [5.41, 5.74) is 3.45. The predicted octanol–water partition coefficient (Wildman–Crippen LogP) is 5.09. The maximum Gasteiger partial charge on any atom is 0.414 e. The van der Waals surface area contributed by atoms with E-state index in [0.29, 0.717) is 18.7 Å². The zero-order valence-corrected chi connectivity index (χ0v) is 22.2. The van der Waals surface area contributed by atoms with Gasteiger partial charge in [-0.2, -0.15) is 13.2 Å². The van der Waals surface area contributed by atoms with Crippen molar-refractivity contribution in [3.8, 4) is 0 Å². The number of likely N-dealkylation sites (tertiary alicyclic amines) is 1. The number of carbonyl (C=O) groups is 1. The third-order valence-corrected chi connectivity index (χ3v) is 8.15. The molecular weight excluding hydrogens is 514 g/mol. The zero-order chi connectivity index (χ0) is 28.1. The molecule has 2 aliphatic rings. The number of aryl methyl sites for hydroxylation is 1. The van der Waals surface area contributed by atoms with Crippen LogP contribution in [0.15, 0.2) is 42.7 Å². The van der Waals surface area contributed by atoms with Crippen molar-refractivity contribution in [2.24, 2.45) is 5.92 Å². The van der Waals surface area contributed by atoms with Crippen LogP contribution in [-0.4, -0.2) is 68.8 Å². The maximum atomic E-state index is 14.6. The molecule has 39 heavy (non-hydrogen) atoms. The Bertz CT molecular complexity index is 1360. The van der Waals surface area contributed by atoms with E-state index in [9.17, 15) is 27.5 Å². The summed E-state index contributed by atoms with van der Waals surface area (Å²) in [6, 6.07) is 8.43. The third-order valence-electron chi connectivity index (χ3n) is 8.15. The first-order valence-electron chi connectivity index (χ1n) is 13.2. The number of nitrogens with zero attached hydrogens (tertiary/aromatic N) is 5. The van der Waals surface area contributed by atoms with Crippen LogP contribution in [0.25, 0.3) is 5.65 Å². The number of carbonyl (C=O) groups excluding carboxylic acids is 1. The molecular formula is C28H33F4N5O2. The van der Waals surface area contributed by atoms with Gasteiger partial charge in [-0.25, -0.2) is 14.2 Å². The van der Waals surface area contributed by atoms with Crippen molar-refractivity contribution < 1.29 is 27.5 Å². The number of alkyl halides is 3. The first-order chi connectivity index (χ1) is 18.4. The Hall–Kier alpha value is -3.34. The molecule has 1 atom stereocenters. The Morgan fingerprint density at radius 1 is 1.08 bits per heavy atom. The number of benzene rings is 1. The summed E-state index contributed by atoms with van der Waals surface area (Å²) in [6.45, 7) is 7.24. The monoisotopic (exact) mass is 547 g/mol. The molecule has 1 saturated heterocycles. The lowest BCUT2D eigenvalue weighted by atomic mass is 9.91. The van der Waals surface area contributed by atoms with Crippen LogP contribution in [0.4, 0.5) is 28.0 Å². The number of hydrogen-bond acceptors (Lipinski definition) is 4. The van der Waals surface area contributed by atoms with E-state index >= 15 is 0 Å². The Morgan fingerprint density at radius 2 is 1.79 bits per heavy atom. The van der Waals surface area contributed by atoms with Gasteiger partial charge in [0.25, 0.3) is 0 Å². The van der Waals surface area contributed by atoms with Crippen molar-refractivity contribution in [2.45, 2.75) is 58.0 Å². The second kappa shape index (κ2) is 10.0. The molecule has 2 aliphatic heterocycles. The lowest BCUT2D eigenvalue weighted by Gasteiger charge is -2.41. The van der Waals surface area contributed by atoms with Gasteiger partial charge in [0, 0.05) is 44.6 Å². The molecule has 5 rings (SSSR count). The summed E-state index contributed by atoms with van der Waals surface area (Å²) < 4.78 is 55.6. The third kappa shape index (κ3) is 5.04. The molecule has 2 amide bonds. The summed E-state index contributed by atoms with van der Waals surface area (Å²) in [5, 5.41) is 9.65. The molecule has 3 aromatic rings. The smallest absolute Gasteiger partial charge is 0.383 e. The number of urea groups is 1. The fourth-order valence-corrected chi connectivity index (χ4v) is 6.05. The van der Waals surface area contributed by atoms with Crippen LogP contribution in [0.3, 0.4) is 0 Å². The van der Waals surface area contributed by atoms with Crippen molar-refractivity contribution in [3.63, 3.8) is 0 Å². The Kier molecular flexibility index (Phi) is 6.98. The average Bonchev–Trinajstić information content (AvgIpc) is 3.23. The Labute approximate surface area is 224 Å². The zero-order valence-electron chi connectivity index (χ0n) is 22.2. The topological polar surface area (TPSA) is 64.3 Å². The number of rotatable bonds is 3. The van der Waals surface area contributed by atoms with E-state index < -0.39 is 29.6 Å². The van der Waals surface area contributed by atoms with Crippen LogP contribution >= 0.6 is 0 Å². The highest BCUT2D eigenvalue weighted by molar-refractivity contribution is 5.76. The van der Waals surface area contributed by atoms with E-state index in [2.05, 4.69) is 23.7 Å². The predicted molar refractivity (Wildman–Crippen MR) is 139 cm³/mol. The summed E-state index contributed by atoms with van der Waals surface area (Å²) in [7, 11) is 0.